The van der Waals surface area contributed by atoms with Crippen molar-refractivity contribution in [1.82, 2.24) is 19.7 Å². The van der Waals surface area contributed by atoms with Crippen LogP contribution in [0, 0.1) is 0 Å². The first kappa shape index (κ1) is 22.7. The van der Waals surface area contributed by atoms with Gasteiger partial charge in [0.2, 0.25) is 5.91 Å². The molecule has 8 heteroatoms. The second-order valence-corrected chi connectivity index (χ2v) is 10.5. The number of piperazine rings is 1. The highest BCUT2D eigenvalue weighted by Gasteiger charge is 2.23. The summed E-state index contributed by atoms with van der Waals surface area (Å²) in [5.41, 5.74) is 3.12. The molecule has 0 spiro atoms. The molecule has 2 fully saturated rings. The van der Waals surface area contributed by atoms with Crippen molar-refractivity contribution < 1.29 is 9.53 Å². The Kier molecular flexibility index (Phi) is 6.94. The average molecular weight is 471 g/mol. The lowest BCUT2D eigenvalue weighted by Gasteiger charge is -2.37. The number of fused-ring (bicyclic) bond motifs is 3. The van der Waals surface area contributed by atoms with E-state index < -0.39 is 0 Å². The number of H-pyrrole nitrogens is 1. The van der Waals surface area contributed by atoms with Crippen molar-refractivity contribution in [2.75, 3.05) is 58.1 Å². The van der Waals surface area contributed by atoms with Gasteiger partial charge >= 0.3 is 0 Å². The smallest absolute Gasteiger partial charge is 0.252 e. The van der Waals surface area contributed by atoms with E-state index in [-0.39, 0.29) is 17.6 Å². The molecule has 5 rings (SSSR count). The Morgan fingerprint density at radius 2 is 1.79 bits per heavy atom. The van der Waals surface area contributed by atoms with E-state index in [9.17, 15) is 9.59 Å². The van der Waals surface area contributed by atoms with Crippen molar-refractivity contribution in [3.8, 4) is 5.75 Å². The molecule has 0 unspecified atom stereocenters. The summed E-state index contributed by atoms with van der Waals surface area (Å²) in [6.45, 7) is 9.61. The lowest BCUT2D eigenvalue weighted by molar-refractivity contribution is -0.130. The first-order chi connectivity index (χ1) is 16.1. The van der Waals surface area contributed by atoms with Crippen LogP contribution in [0.3, 0.4) is 0 Å². The third-order valence-corrected chi connectivity index (χ3v) is 8.32. The summed E-state index contributed by atoms with van der Waals surface area (Å²) < 4.78 is 6.39. The van der Waals surface area contributed by atoms with Crippen LogP contribution in [0.1, 0.15) is 30.9 Å². The molecule has 1 N–H and O–H groups in total. The maximum absolute atomic E-state index is 12.4. The van der Waals surface area contributed by atoms with E-state index in [1.165, 1.54) is 5.56 Å². The largest absolute Gasteiger partial charge is 0.490 e. The van der Waals surface area contributed by atoms with E-state index in [2.05, 4.69) is 20.9 Å². The zero-order chi connectivity index (χ0) is 22.8. The number of thioether (sulfide) groups is 1. The molecular weight excluding hydrogens is 436 g/mol. The summed E-state index contributed by atoms with van der Waals surface area (Å²) in [6, 6.07) is 6.12. The molecule has 2 aromatic rings. The number of nitrogens with one attached hydrogen (secondary N) is 1. The summed E-state index contributed by atoms with van der Waals surface area (Å²) in [5, 5.41) is 1.14. The number of nitrogens with zero attached hydrogens (tertiary/aromatic N) is 3. The van der Waals surface area contributed by atoms with E-state index >= 15 is 0 Å². The number of hydrogen-bond donors (Lipinski definition) is 1. The molecule has 3 aliphatic rings. The standard InChI is InChI=1S/C25H34N4O3S/c1-18(30)29-13-11-28(12-14-29)10-9-27-7-4-19(5-8-27)32-20-2-3-24-22(16-20)21-6-15-33-17-23(21)25(31)26-24/h2-3,16,19H,4-15,17H2,1H3,(H,26,31). The molecule has 1 amide bonds. The van der Waals surface area contributed by atoms with Gasteiger partial charge in [-0.2, -0.15) is 11.8 Å². The second kappa shape index (κ2) is 10.1. The number of aromatic nitrogens is 1. The number of rotatable bonds is 5. The molecule has 0 radical (unpaired) electrons. The van der Waals surface area contributed by atoms with Crippen molar-refractivity contribution in [2.24, 2.45) is 0 Å². The number of carbonyl (C=O) groups is 1. The minimum Gasteiger partial charge on any atom is -0.490 e. The van der Waals surface area contributed by atoms with Gasteiger partial charge in [-0.1, -0.05) is 0 Å². The van der Waals surface area contributed by atoms with Crippen LogP contribution in [-0.4, -0.2) is 89.8 Å². The van der Waals surface area contributed by atoms with Gasteiger partial charge in [-0.3, -0.25) is 14.5 Å². The van der Waals surface area contributed by atoms with Crippen LogP contribution in [0.5, 0.6) is 5.75 Å². The van der Waals surface area contributed by atoms with Gasteiger partial charge < -0.3 is 19.5 Å². The highest BCUT2D eigenvalue weighted by molar-refractivity contribution is 7.98. The van der Waals surface area contributed by atoms with E-state index in [1.54, 1.807) is 6.92 Å². The summed E-state index contributed by atoms with van der Waals surface area (Å²) in [4.78, 5) is 33.9. The zero-order valence-corrected chi connectivity index (χ0v) is 20.3. The van der Waals surface area contributed by atoms with Gasteiger partial charge in [0.15, 0.2) is 0 Å². The predicted molar refractivity (Wildman–Crippen MR) is 133 cm³/mol. The van der Waals surface area contributed by atoms with Gasteiger partial charge in [-0.15, -0.1) is 0 Å². The summed E-state index contributed by atoms with van der Waals surface area (Å²) in [6.07, 6.45) is 3.27. The third-order valence-electron chi connectivity index (χ3n) is 7.33. The number of likely N-dealkylation sites (tertiary alicyclic amines) is 1. The van der Waals surface area contributed by atoms with Crippen LogP contribution >= 0.6 is 11.8 Å². The molecule has 178 valence electrons. The Balaban J connectivity index is 1.13. The van der Waals surface area contributed by atoms with Gasteiger partial charge in [0.1, 0.15) is 11.9 Å². The fourth-order valence-electron chi connectivity index (χ4n) is 5.25. The molecule has 0 bridgehead atoms. The highest BCUT2D eigenvalue weighted by atomic mass is 32.2. The van der Waals surface area contributed by atoms with E-state index in [1.807, 2.05) is 28.8 Å². The Labute approximate surface area is 199 Å². The average Bonchev–Trinajstić information content (AvgIpc) is 2.84. The van der Waals surface area contributed by atoms with E-state index in [0.717, 1.165) is 105 Å². The Morgan fingerprint density at radius 3 is 2.52 bits per heavy atom. The summed E-state index contributed by atoms with van der Waals surface area (Å²) in [7, 11) is 0. The monoisotopic (exact) mass is 470 g/mol. The van der Waals surface area contributed by atoms with Gasteiger partial charge in [-0.05, 0) is 48.8 Å². The van der Waals surface area contributed by atoms with Crippen molar-refractivity contribution >= 4 is 28.6 Å². The van der Waals surface area contributed by atoms with Crippen LogP contribution in [0.4, 0.5) is 0 Å². The van der Waals surface area contributed by atoms with E-state index in [4.69, 9.17) is 4.74 Å². The Hall–Kier alpha value is -2.03. The predicted octanol–water partition coefficient (Wildman–Crippen LogP) is 2.32. The van der Waals surface area contributed by atoms with Crippen LogP contribution in [0.2, 0.25) is 0 Å². The van der Waals surface area contributed by atoms with Crippen molar-refractivity contribution in [1.29, 1.82) is 0 Å². The number of pyridine rings is 1. The van der Waals surface area contributed by atoms with Gasteiger partial charge in [-0.25, -0.2) is 0 Å². The van der Waals surface area contributed by atoms with E-state index in [0.29, 0.717) is 0 Å². The molecule has 0 saturated carbocycles. The van der Waals surface area contributed by atoms with Crippen LogP contribution < -0.4 is 10.3 Å². The molecule has 2 saturated heterocycles. The van der Waals surface area contributed by atoms with Gasteiger partial charge in [0, 0.05) is 81.5 Å². The number of aromatic amines is 1. The van der Waals surface area contributed by atoms with Gasteiger partial charge in [0.05, 0.1) is 0 Å². The van der Waals surface area contributed by atoms with Crippen molar-refractivity contribution in [2.45, 2.75) is 38.0 Å². The van der Waals surface area contributed by atoms with Gasteiger partial charge in [0.25, 0.3) is 5.56 Å². The molecule has 0 aliphatic carbocycles. The highest BCUT2D eigenvalue weighted by Crippen LogP contribution is 2.30. The Morgan fingerprint density at radius 1 is 1.06 bits per heavy atom. The Bertz CT molecular complexity index is 1060. The number of carbonyl (C=O) groups excluding carboxylic acids is 1. The first-order valence-corrected chi connectivity index (χ1v) is 13.3. The molecular formula is C25H34N4O3S. The summed E-state index contributed by atoms with van der Waals surface area (Å²) >= 11 is 1.83. The SMILES string of the molecule is CC(=O)N1CCN(CCN2CCC(Oc3ccc4[nH]c(=O)c5c(c4c3)CCSC5)CC2)CC1. The number of benzene rings is 1. The lowest BCUT2D eigenvalue weighted by Crippen LogP contribution is -2.50. The van der Waals surface area contributed by atoms with Crippen LogP contribution in [0.15, 0.2) is 23.0 Å². The molecule has 33 heavy (non-hydrogen) atoms. The topological polar surface area (TPSA) is 68.9 Å². The van der Waals surface area contributed by atoms with Crippen LogP contribution in [0.25, 0.3) is 10.9 Å². The number of hydrogen-bond acceptors (Lipinski definition) is 6. The maximum Gasteiger partial charge on any atom is 0.252 e. The number of amides is 1. The number of aryl methyl sites for hydroxylation is 1. The summed E-state index contributed by atoms with van der Waals surface area (Å²) in [5.74, 6) is 2.98. The fourth-order valence-corrected chi connectivity index (χ4v) is 6.25. The van der Waals surface area contributed by atoms with Crippen molar-refractivity contribution in [3.05, 3.63) is 39.7 Å². The number of piperidine rings is 1. The maximum atomic E-state index is 12.4. The van der Waals surface area contributed by atoms with Crippen molar-refractivity contribution in [3.63, 3.8) is 0 Å². The molecule has 1 aromatic carbocycles. The van der Waals surface area contributed by atoms with Crippen LogP contribution in [-0.2, 0) is 17.0 Å². The first-order valence-electron chi connectivity index (χ1n) is 12.2. The fraction of sp³-hybridized carbons (Fsp3) is 0.600. The molecule has 4 heterocycles. The second-order valence-electron chi connectivity index (χ2n) is 9.43. The quantitative estimate of drug-likeness (QED) is 0.724. The minimum absolute atomic E-state index is 0.0615. The normalized spacial score (nSPS) is 20.7. The zero-order valence-electron chi connectivity index (χ0n) is 19.5. The molecule has 3 aliphatic heterocycles. The third kappa shape index (κ3) is 5.23. The molecule has 0 atom stereocenters. The molecule has 7 nitrogen and oxygen atoms in total. The number of ether oxygens (including phenoxy) is 1. The molecule has 1 aromatic heterocycles. The minimum atomic E-state index is 0.0615. The lowest BCUT2D eigenvalue weighted by atomic mass is 10.0.